The number of benzene rings is 1. The van der Waals surface area contributed by atoms with Crippen molar-refractivity contribution in [1.29, 1.82) is 0 Å². The van der Waals surface area contributed by atoms with Crippen LogP contribution in [0.3, 0.4) is 0 Å². The molecule has 0 aromatic heterocycles. The van der Waals surface area contributed by atoms with Gasteiger partial charge >= 0.3 is 5.97 Å². The van der Waals surface area contributed by atoms with Crippen LogP contribution in [0.15, 0.2) is 24.3 Å². The lowest BCUT2D eigenvalue weighted by molar-refractivity contribution is -0.139. The van der Waals surface area contributed by atoms with Gasteiger partial charge < -0.3 is 15.2 Å². The lowest BCUT2D eigenvalue weighted by Gasteiger charge is -2.36. The molecule has 1 aliphatic rings. The Morgan fingerprint density at radius 3 is 2.48 bits per heavy atom. The summed E-state index contributed by atoms with van der Waals surface area (Å²) >= 11 is 0. The molecule has 5 heteroatoms. The van der Waals surface area contributed by atoms with Gasteiger partial charge in [0.1, 0.15) is 5.75 Å². The lowest BCUT2D eigenvalue weighted by atomic mass is 9.70. The topological polar surface area (TPSA) is 75.6 Å². The highest BCUT2D eigenvalue weighted by atomic mass is 16.5. The van der Waals surface area contributed by atoms with Crippen LogP contribution in [0, 0.1) is 5.41 Å². The van der Waals surface area contributed by atoms with E-state index >= 15 is 0 Å². The number of carboxylic acids is 1. The van der Waals surface area contributed by atoms with Gasteiger partial charge in [-0.2, -0.15) is 0 Å². The van der Waals surface area contributed by atoms with Crippen molar-refractivity contribution in [2.75, 3.05) is 13.2 Å². The molecule has 0 saturated heterocycles. The van der Waals surface area contributed by atoms with E-state index in [-0.39, 0.29) is 17.9 Å². The molecule has 1 aliphatic carbocycles. The van der Waals surface area contributed by atoms with Gasteiger partial charge in [-0.05, 0) is 37.0 Å². The van der Waals surface area contributed by atoms with Crippen LogP contribution >= 0.6 is 0 Å². The summed E-state index contributed by atoms with van der Waals surface area (Å²) in [6.07, 6.45) is 3.85. The van der Waals surface area contributed by atoms with Gasteiger partial charge in [0.05, 0.1) is 0 Å². The van der Waals surface area contributed by atoms with Crippen LogP contribution < -0.4 is 10.1 Å². The summed E-state index contributed by atoms with van der Waals surface area (Å²) in [5.41, 5.74) is 0.922. The first kappa shape index (κ1) is 15.4. The Hall–Kier alpha value is -2.04. The molecule has 0 bridgehead atoms. The van der Waals surface area contributed by atoms with Crippen molar-refractivity contribution >= 4 is 11.9 Å². The summed E-state index contributed by atoms with van der Waals surface area (Å²) in [4.78, 5) is 22.3. The Bertz CT molecular complexity index is 506. The van der Waals surface area contributed by atoms with Gasteiger partial charge in [0, 0.05) is 12.0 Å². The fourth-order valence-electron chi connectivity index (χ4n) is 2.37. The third-order valence-electron chi connectivity index (χ3n) is 3.99. The number of carboxylic acid groups (broad SMARTS) is 1. The van der Waals surface area contributed by atoms with Crippen LogP contribution in [0.2, 0.25) is 0 Å². The molecule has 21 heavy (non-hydrogen) atoms. The molecule has 0 aliphatic heterocycles. The zero-order valence-corrected chi connectivity index (χ0v) is 12.2. The van der Waals surface area contributed by atoms with E-state index in [4.69, 9.17) is 9.84 Å². The molecule has 0 unspecified atom stereocenters. The number of carbonyl (C=O) groups is 2. The normalized spacial score (nSPS) is 15.9. The van der Waals surface area contributed by atoms with Gasteiger partial charge in [-0.1, -0.05) is 25.5 Å². The van der Waals surface area contributed by atoms with E-state index in [0.29, 0.717) is 12.3 Å². The number of amides is 1. The fourth-order valence-corrected chi connectivity index (χ4v) is 2.37. The molecular formula is C16H21NO4. The number of ether oxygens (including phenoxy) is 1. The van der Waals surface area contributed by atoms with E-state index in [0.717, 1.165) is 31.2 Å². The van der Waals surface area contributed by atoms with Crippen molar-refractivity contribution in [1.82, 2.24) is 5.32 Å². The predicted molar refractivity (Wildman–Crippen MR) is 78.2 cm³/mol. The van der Waals surface area contributed by atoms with E-state index in [1.165, 1.54) is 0 Å². The summed E-state index contributed by atoms with van der Waals surface area (Å²) in [7, 11) is 0. The van der Waals surface area contributed by atoms with Crippen LogP contribution in [0.4, 0.5) is 0 Å². The number of carbonyl (C=O) groups excluding carboxylic acids is 1. The Balaban J connectivity index is 1.73. The first-order valence-electron chi connectivity index (χ1n) is 7.21. The molecule has 1 fully saturated rings. The largest absolute Gasteiger partial charge is 0.482 e. The lowest BCUT2D eigenvalue weighted by Crippen LogP contribution is -2.44. The molecule has 2 rings (SSSR count). The molecule has 114 valence electrons. The molecule has 0 heterocycles. The van der Waals surface area contributed by atoms with Gasteiger partial charge in [-0.3, -0.25) is 4.79 Å². The zero-order valence-electron chi connectivity index (χ0n) is 12.2. The van der Waals surface area contributed by atoms with Crippen LogP contribution in [0.5, 0.6) is 5.75 Å². The number of aliphatic carboxylic acids is 1. The van der Waals surface area contributed by atoms with Crippen LogP contribution in [0.1, 0.15) is 31.7 Å². The summed E-state index contributed by atoms with van der Waals surface area (Å²) in [6.45, 7) is 2.29. The highest BCUT2D eigenvalue weighted by Gasteiger charge is 2.38. The molecular weight excluding hydrogens is 270 g/mol. The SMILES string of the molecule is CC1(C(=O)NCCc2ccc(OCC(=O)O)cc2)CCC1. The zero-order chi connectivity index (χ0) is 15.3. The minimum absolute atomic E-state index is 0.148. The highest BCUT2D eigenvalue weighted by Crippen LogP contribution is 2.40. The maximum Gasteiger partial charge on any atom is 0.341 e. The second kappa shape index (κ2) is 6.61. The fraction of sp³-hybridized carbons (Fsp3) is 0.500. The predicted octanol–water partition coefficient (Wildman–Crippen LogP) is 2.00. The smallest absolute Gasteiger partial charge is 0.341 e. The quantitative estimate of drug-likeness (QED) is 0.805. The minimum atomic E-state index is -0.994. The second-order valence-electron chi connectivity index (χ2n) is 5.75. The number of hydrogen-bond acceptors (Lipinski definition) is 3. The molecule has 2 N–H and O–H groups in total. The average Bonchev–Trinajstić information content (AvgIpc) is 2.43. The molecule has 1 aromatic carbocycles. The van der Waals surface area contributed by atoms with Crippen molar-refractivity contribution in [3.05, 3.63) is 29.8 Å². The molecule has 5 nitrogen and oxygen atoms in total. The summed E-state index contributed by atoms with van der Waals surface area (Å²) < 4.78 is 5.06. The highest BCUT2D eigenvalue weighted by molar-refractivity contribution is 5.83. The van der Waals surface area contributed by atoms with Crippen molar-refractivity contribution in [3.63, 3.8) is 0 Å². The van der Waals surface area contributed by atoms with Crippen LogP contribution in [-0.4, -0.2) is 30.1 Å². The van der Waals surface area contributed by atoms with Gasteiger partial charge in [0.25, 0.3) is 0 Å². The van der Waals surface area contributed by atoms with Crippen molar-refractivity contribution in [3.8, 4) is 5.75 Å². The molecule has 0 atom stereocenters. The monoisotopic (exact) mass is 291 g/mol. The Labute approximate surface area is 124 Å². The van der Waals surface area contributed by atoms with E-state index < -0.39 is 5.97 Å². The Kier molecular flexibility index (Phi) is 4.83. The maximum atomic E-state index is 12.0. The molecule has 1 saturated carbocycles. The van der Waals surface area contributed by atoms with E-state index in [1.54, 1.807) is 12.1 Å². The van der Waals surface area contributed by atoms with E-state index in [9.17, 15) is 9.59 Å². The van der Waals surface area contributed by atoms with Crippen LogP contribution in [-0.2, 0) is 16.0 Å². The van der Waals surface area contributed by atoms with E-state index in [2.05, 4.69) is 5.32 Å². The Morgan fingerprint density at radius 1 is 1.29 bits per heavy atom. The molecule has 1 amide bonds. The number of hydrogen-bond donors (Lipinski definition) is 2. The third-order valence-corrected chi connectivity index (χ3v) is 3.99. The van der Waals surface area contributed by atoms with Crippen molar-refractivity contribution in [2.45, 2.75) is 32.6 Å². The summed E-state index contributed by atoms with van der Waals surface area (Å²) in [5, 5.41) is 11.5. The standard InChI is InChI=1S/C16H21NO4/c1-16(8-2-9-16)15(20)17-10-7-12-3-5-13(6-4-12)21-11-14(18)19/h3-6H,2,7-11H2,1H3,(H,17,20)(H,18,19). The van der Waals surface area contributed by atoms with Gasteiger partial charge in [0.15, 0.2) is 6.61 Å². The number of nitrogens with one attached hydrogen (secondary N) is 1. The number of rotatable bonds is 7. The summed E-state index contributed by atoms with van der Waals surface area (Å²) in [5.74, 6) is -0.311. The van der Waals surface area contributed by atoms with Crippen molar-refractivity contribution in [2.24, 2.45) is 5.41 Å². The molecule has 0 spiro atoms. The van der Waals surface area contributed by atoms with Gasteiger partial charge in [0.2, 0.25) is 5.91 Å². The first-order chi connectivity index (χ1) is 9.99. The van der Waals surface area contributed by atoms with Gasteiger partial charge in [-0.15, -0.1) is 0 Å². The third kappa shape index (κ3) is 4.21. The average molecular weight is 291 g/mol. The van der Waals surface area contributed by atoms with Crippen molar-refractivity contribution < 1.29 is 19.4 Å². The first-order valence-corrected chi connectivity index (χ1v) is 7.21. The second-order valence-corrected chi connectivity index (χ2v) is 5.75. The van der Waals surface area contributed by atoms with Crippen LogP contribution in [0.25, 0.3) is 0 Å². The minimum Gasteiger partial charge on any atom is -0.482 e. The van der Waals surface area contributed by atoms with Gasteiger partial charge in [-0.25, -0.2) is 4.79 Å². The molecule has 0 radical (unpaired) electrons. The Morgan fingerprint density at radius 2 is 1.95 bits per heavy atom. The van der Waals surface area contributed by atoms with E-state index in [1.807, 2.05) is 19.1 Å². The maximum absolute atomic E-state index is 12.0. The molecule has 1 aromatic rings. The summed E-state index contributed by atoms with van der Waals surface area (Å²) in [6, 6.07) is 7.25.